The van der Waals surface area contributed by atoms with Gasteiger partial charge in [0.2, 0.25) is 0 Å². The standard InChI is InChI=1S/C17H28N2O3S/c1-17(2,3)23(21)19(11-13-7-5-4-6-8-13)12-14-9-10-15(18)16(20)22-14/h4-8,14-16,20H,9-12,18H2,1-3H3. The van der Waals surface area contributed by atoms with Crippen LogP contribution in [0.1, 0.15) is 39.2 Å². The molecule has 1 aromatic rings. The van der Waals surface area contributed by atoms with Gasteiger partial charge < -0.3 is 15.6 Å². The van der Waals surface area contributed by atoms with E-state index in [0.29, 0.717) is 19.5 Å². The molecule has 4 unspecified atom stereocenters. The van der Waals surface area contributed by atoms with Gasteiger partial charge in [0.05, 0.1) is 16.9 Å². The Balaban J connectivity index is 2.09. The molecule has 1 saturated heterocycles. The summed E-state index contributed by atoms with van der Waals surface area (Å²) in [6, 6.07) is 9.65. The number of nitrogens with two attached hydrogens (primary N) is 1. The van der Waals surface area contributed by atoms with E-state index in [-0.39, 0.29) is 16.9 Å². The third kappa shape index (κ3) is 5.36. The number of aliphatic hydroxyl groups is 1. The number of nitrogens with zero attached hydrogens (tertiary/aromatic N) is 1. The van der Waals surface area contributed by atoms with E-state index in [1.807, 2.05) is 55.4 Å². The van der Waals surface area contributed by atoms with E-state index in [0.717, 1.165) is 12.0 Å². The topological polar surface area (TPSA) is 75.8 Å². The second-order valence-corrected chi connectivity index (χ2v) is 9.30. The van der Waals surface area contributed by atoms with Gasteiger partial charge in [-0.05, 0) is 39.2 Å². The third-order valence-electron chi connectivity index (χ3n) is 3.89. The van der Waals surface area contributed by atoms with Crippen LogP contribution in [-0.4, -0.2) is 43.3 Å². The van der Waals surface area contributed by atoms with Gasteiger partial charge in [-0.2, -0.15) is 0 Å². The Bertz CT molecular complexity index is 518. The fourth-order valence-corrected chi connectivity index (χ4v) is 3.96. The molecule has 2 rings (SSSR count). The molecular weight excluding hydrogens is 312 g/mol. The molecule has 0 aromatic heterocycles. The Morgan fingerprint density at radius 2 is 1.96 bits per heavy atom. The summed E-state index contributed by atoms with van der Waals surface area (Å²) in [6.07, 6.45) is 0.396. The molecule has 0 saturated carbocycles. The van der Waals surface area contributed by atoms with Crippen molar-refractivity contribution in [3.63, 3.8) is 0 Å². The molecule has 0 bridgehead atoms. The summed E-state index contributed by atoms with van der Waals surface area (Å²) in [6.45, 7) is 7.00. The third-order valence-corrected chi connectivity index (χ3v) is 5.68. The molecule has 0 aliphatic carbocycles. The van der Waals surface area contributed by atoms with Crippen molar-refractivity contribution in [2.75, 3.05) is 6.54 Å². The molecule has 130 valence electrons. The van der Waals surface area contributed by atoms with Crippen LogP contribution < -0.4 is 5.73 Å². The summed E-state index contributed by atoms with van der Waals surface area (Å²) in [5, 5.41) is 9.81. The first-order chi connectivity index (χ1) is 10.8. The second kappa shape index (κ2) is 7.85. The van der Waals surface area contributed by atoms with Crippen LogP contribution >= 0.6 is 0 Å². The zero-order chi connectivity index (χ0) is 17.0. The van der Waals surface area contributed by atoms with Gasteiger partial charge in [0.15, 0.2) is 6.29 Å². The number of rotatable bonds is 5. The van der Waals surface area contributed by atoms with Gasteiger partial charge >= 0.3 is 0 Å². The molecule has 0 radical (unpaired) electrons. The Morgan fingerprint density at radius 1 is 1.30 bits per heavy atom. The fraction of sp³-hybridized carbons (Fsp3) is 0.647. The lowest BCUT2D eigenvalue weighted by Crippen LogP contribution is -2.49. The molecule has 23 heavy (non-hydrogen) atoms. The molecular formula is C17H28N2O3S. The molecule has 3 N–H and O–H groups in total. The maximum Gasteiger partial charge on any atom is 0.170 e. The van der Waals surface area contributed by atoms with Crippen molar-refractivity contribution in [3.05, 3.63) is 35.9 Å². The van der Waals surface area contributed by atoms with Crippen molar-refractivity contribution in [2.45, 2.75) is 63.3 Å². The van der Waals surface area contributed by atoms with Crippen LogP contribution in [0, 0.1) is 0 Å². The monoisotopic (exact) mass is 340 g/mol. The van der Waals surface area contributed by atoms with E-state index < -0.39 is 17.3 Å². The molecule has 1 heterocycles. The van der Waals surface area contributed by atoms with Crippen LogP contribution in [0.15, 0.2) is 30.3 Å². The number of hydrogen-bond donors (Lipinski definition) is 2. The Hall–Kier alpha value is -0.790. The van der Waals surface area contributed by atoms with Crippen molar-refractivity contribution in [1.29, 1.82) is 0 Å². The maximum absolute atomic E-state index is 12.9. The van der Waals surface area contributed by atoms with Gasteiger partial charge in [-0.25, -0.2) is 8.51 Å². The summed E-state index contributed by atoms with van der Waals surface area (Å²) in [5.41, 5.74) is 6.88. The lowest BCUT2D eigenvalue weighted by atomic mass is 10.0. The Morgan fingerprint density at radius 3 is 2.52 bits per heavy atom. The first-order valence-corrected chi connectivity index (χ1v) is 9.18. The van der Waals surface area contributed by atoms with Crippen LogP contribution in [0.3, 0.4) is 0 Å². The average molecular weight is 340 g/mol. The summed E-state index contributed by atoms with van der Waals surface area (Å²) in [7, 11) is -1.16. The van der Waals surface area contributed by atoms with Crippen molar-refractivity contribution < 1.29 is 14.1 Å². The summed E-state index contributed by atoms with van der Waals surface area (Å²) in [4.78, 5) is 0. The Labute approximate surface area is 141 Å². The predicted molar refractivity (Wildman–Crippen MR) is 92.8 cm³/mol. The summed E-state index contributed by atoms with van der Waals surface area (Å²) >= 11 is 0. The molecule has 4 atom stereocenters. The minimum Gasteiger partial charge on any atom is -0.367 e. The zero-order valence-electron chi connectivity index (χ0n) is 14.1. The van der Waals surface area contributed by atoms with Gasteiger partial charge in [-0.1, -0.05) is 30.3 Å². The summed E-state index contributed by atoms with van der Waals surface area (Å²) < 4.78 is 20.1. The van der Waals surface area contributed by atoms with Crippen LogP contribution in [-0.2, 0) is 22.3 Å². The predicted octanol–water partition coefficient (Wildman–Crippen LogP) is 1.78. The van der Waals surface area contributed by atoms with Crippen LogP contribution in [0.4, 0.5) is 0 Å². The second-order valence-electron chi connectivity index (χ2n) is 7.06. The Kier molecular flexibility index (Phi) is 6.33. The van der Waals surface area contributed by atoms with Crippen molar-refractivity contribution >= 4 is 11.0 Å². The zero-order valence-corrected chi connectivity index (χ0v) is 15.0. The quantitative estimate of drug-likeness (QED) is 0.857. The first kappa shape index (κ1) is 18.5. The highest BCUT2D eigenvalue weighted by atomic mass is 32.2. The largest absolute Gasteiger partial charge is 0.367 e. The van der Waals surface area contributed by atoms with E-state index in [4.69, 9.17) is 10.5 Å². The minimum absolute atomic E-state index is 0.153. The molecule has 1 aliphatic heterocycles. The highest BCUT2D eigenvalue weighted by Gasteiger charge is 2.32. The lowest BCUT2D eigenvalue weighted by molar-refractivity contribution is -0.174. The van der Waals surface area contributed by atoms with Crippen molar-refractivity contribution in [2.24, 2.45) is 5.73 Å². The van der Waals surface area contributed by atoms with E-state index in [9.17, 15) is 9.32 Å². The number of benzene rings is 1. The molecule has 5 nitrogen and oxygen atoms in total. The van der Waals surface area contributed by atoms with Crippen molar-refractivity contribution in [1.82, 2.24) is 4.31 Å². The van der Waals surface area contributed by atoms with Gasteiger partial charge in [-0.3, -0.25) is 0 Å². The average Bonchev–Trinajstić information content (AvgIpc) is 2.49. The molecule has 0 amide bonds. The normalized spacial score (nSPS) is 27.1. The smallest absolute Gasteiger partial charge is 0.170 e. The highest BCUT2D eigenvalue weighted by Crippen LogP contribution is 2.23. The summed E-state index contributed by atoms with van der Waals surface area (Å²) in [5.74, 6) is 0. The molecule has 1 aliphatic rings. The van der Waals surface area contributed by atoms with Crippen LogP contribution in [0.5, 0.6) is 0 Å². The number of ether oxygens (including phenoxy) is 1. The molecule has 6 heteroatoms. The highest BCUT2D eigenvalue weighted by molar-refractivity contribution is 7.84. The maximum atomic E-state index is 12.9. The molecule has 1 fully saturated rings. The van der Waals surface area contributed by atoms with Gasteiger partial charge in [0.25, 0.3) is 0 Å². The van der Waals surface area contributed by atoms with Crippen LogP contribution in [0.25, 0.3) is 0 Å². The fourth-order valence-electron chi connectivity index (χ4n) is 2.61. The number of aliphatic hydroxyl groups excluding tert-OH is 1. The van der Waals surface area contributed by atoms with E-state index in [1.54, 1.807) is 0 Å². The minimum atomic E-state index is -1.16. The van der Waals surface area contributed by atoms with Gasteiger partial charge in [0, 0.05) is 13.1 Å². The SMILES string of the molecule is CC(C)(C)S(=O)N(Cc1ccccc1)CC1CCC(N)C(O)O1. The van der Waals surface area contributed by atoms with E-state index in [1.165, 1.54) is 0 Å². The molecule has 1 aromatic carbocycles. The van der Waals surface area contributed by atoms with Crippen molar-refractivity contribution in [3.8, 4) is 0 Å². The lowest BCUT2D eigenvalue weighted by Gasteiger charge is -2.36. The van der Waals surface area contributed by atoms with Gasteiger partial charge in [-0.15, -0.1) is 0 Å². The van der Waals surface area contributed by atoms with Crippen LogP contribution in [0.2, 0.25) is 0 Å². The first-order valence-electron chi connectivity index (χ1n) is 8.07. The van der Waals surface area contributed by atoms with E-state index in [2.05, 4.69) is 0 Å². The number of hydrogen-bond acceptors (Lipinski definition) is 4. The van der Waals surface area contributed by atoms with Gasteiger partial charge in [0.1, 0.15) is 11.0 Å². The molecule has 0 spiro atoms. The van der Waals surface area contributed by atoms with E-state index >= 15 is 0 Å².